The largest absolute Gasteiger partial charge is 0.312 e. The van der Waals surface area contributed by atoms with E-state index in [0.717, 1.165) is 6.42 Å². The van der Waals surface area contributed by atoms with Crippen molar-refractivity contribution in [2.45, 2.75) is 12.8 Å². The molecule has 0 aliphatic rings. The predicted octanol–water partition coefficient (Wildman–Crippen LogP) is 4.71. The van der Waals surface area contributed by atoms with E-state index in [4.69, 9.17) is 0 Å². The van der Waals surface area contributed by atoms with Crippen LogP contribution in [0.25, 0.3) is 10.8 Å². The van der Waals surface area contributed by atoms with Gasteiger partial charge in [0.1, 0.15) is 0 Å². The van der Waals surface area contributed by atoms with E-state index < -0.39 is 6.08 Å². The fourth-order valence-corrected chi connectivity index (χ4v) is 1.89. The SMILES string of the molecule is FC(F)=C=CCCc1cccc2ccccc12. The van der Waals surface area contributed by atoms with Crippen molar-refractivity contribution in [3.63, 3.8) is 0 Å². The van der Waals surface area contributed by atoms with Crippen molar-refractivity contribution in [2.75, 3.05) is 0 Å². The quantitative estimate of drug-likeness (QED) is 0.670. The number of aryl methyl sites for hydroxylation is 1. The van der Waals surface area contributed by atoms with E-state index in [9.17, 15) is 8.78 Å². The molecule has 2 aromatic rings. The van der Waals surface area contributed by atoms with E-state index in [1.165, 1.54) is 22.4 Å². The van der Waals surface area contributed by atoms with Gasteiger partial charge in [-0.1, -0.05) is 48.2 Å². The zero-order valence-corrected chi connectivity index (χ0v) is 9.29. The molecule has 0 N–H and O–H groups in total. The van der Waals surface area contributed by atoms with Gasteiger partial charge in [-0.25, -0.2) is 0 Å². The van der Waals surface area contributed by atoms with Crippen LogP contribution in [-0.2, 0) is 6.42 Å². The highest BCUT2D eigenvalue weighted by molar-refractivity contribution is 5.85. The van der Waals surface area contributed by atoms with E-state index in [2.05, 4.69) is 18.2 Å². The van der Waals surface area contributed by atoms with E-state index in [-0.39, 0.29) is 0 Å². The van der Waals surface area contributed by atoms with Crippen LogP contribution in [0, 0.1) is 0 Å². The van der Waals surface area contributed by atoms with Crippen LogP contribution in [0.4, 0.5) is 8.78 Å². The van der Waals surface area contributed by atoms with Gasteiger partial charge >= 0.3 is 6.08 Å². The lowest BCUT2D eigenvalue weighted by Crippen LogP contribution is -1.85. The Hall–Kier alpha value is -1.92. The number of hydrogen-bond donors (Lipinski definition) is 0. The fourth-order valence-electron chi connectivity index (χ4n) is 1.89. The molecule has 0 fully saturated rings. The predicted molar refractivity (Wildman–Crippen MR) is 66.1 cm³/mol. The third-order valence-corrected chi connectivity index (χ3v) is 2.65. The highest BCUT2D eigenvalue weighted by atomic mass is 19.3. The number of halogens is 2. The molecule has 2 aromatic carbocycles. The molecule has 0 unspecified atom stereocenters. The molecule has 0 atom stereocenters. The Bertz CT molecular complexity index is 569. The highest BCUT2D eigenvalue weighted by Gasteiger charge is 1.98. The van der Waals surface area contributed by atoms with Gasteiger partial charge in [-0.15, -0.1) is 0 Å². The topological polar surface area (TPSA) is 0 Å². The summed E-state index contributed by atoms with van der Waals surface area (Å²) < 4.78 is 23.6. The van der Waals surface area contributed by atoms with Crippen molar-refractivity contribution >= 4 is 10.8 Å². The van der Waals surface area contributed by atoms with E-state index in [1.54, 1.807) is 0 Å². The van der Waals surface area contributed by atoms with Crippen LogP contribution in [0.15, 0.2) is 60.4 Å². The van der Waals surface area contributed by atoms with Gasteiger partial charge in [0.15, 0.2) is 0 Å². The molecule has 17 heavy (non-hydrogen) atoms. The summed E-state index contributed by atoms with van der Waals surface area (Å²) in [5.41, 5.74) is 3.10. The lowest BCUT2D eigenvalue weighted by atomic mass is 10.0. The minimum atomic E-state index is -1.76. The highest BCUT2D eigenvalue weighted by Crippen LogP contribution is 2.19. The Morgan fingerprint density at radius 2 is 1.82 bits per heavy atom. The molecule has 0 spiro atoms. The molecule has 86 valence electrons. The van der Waals surface area contributed by atoms with Gasteiger partial charge in [-0.2, -0.15) is 8.78 Å². The molecular weight excluding hydrogens is 218 g/mol. The van der Waals surface area contributed by atoms with Crippen LogP contribution >= 0.6 is 0 Å². The third-order valence-electron chi connectivity index (χ3n) is 2.65. The fraction of sp³-hybridized carbons (Fsp3) is 0.133. The monoisotopic (exact) mass is 230 g/mol. The molecule has 0 aliphatic heterocycles. The number of benzene rings is 2. The van der Waals surface area contributed by atoms with Gasteiger partial charge in [0, 0.05) is 0 Å². The molecule has 2 heteroatoms. The zero-order valence-electron chi connectivity index (χ0n) is 9.29. The van der Waals surface area contributed by atoms with Crippen molar-refractivity contribution in [2.24, 2.45) is 0 Å². The molecular formula is C15H12F2. The Kier molecular flexibility index (Phi) is 3.69. The van der Waals surface area contributed by atoms with Crippen molar-refractivity contribution in [3.8, 4) is 0 Å². The van der Waals surface area contributed by atoms with Crippen LogP contribution in [0.5, 0.6) is 0 Å². The number of hydrogen-bond acceptors (Lipinski definition) is 0. The summed E-state index contributed by atoms with van der Waals surface area (Å²) in [6.07, 6.45) is 0.951. The maximum atomic E-state index is 11.8. The van der Waals surface area contributed by atoms with E-state index >= 15 is 0 Å². The standard InChI is InChI=1S/C15H12F2/c16-15(17)11-4-2-7-13-9-5-8-12-6-1-3-10-14(12)13/h1,3-6,8-10H,2,7H2. The third kappa shape index (κ3) is 3.02. The minimum Gasteiger partial charge on any atom is -0.164 e. The Morgan fingerprint density at radius 1 is 1.06 bits per heavy atom. The maximum absolute atomic E-state index is 11.8. The second kappa shape index (κ2) is 5.42. The normalized spacial score (nSPS) is 10.0. The molecule has 0 heterocycles. The maximum Gasteiger partial charge on any atom is 0.312 e. The summed E-state index contributed by atoms with van der Waals surface area (Å²) in [4.78, 5) is 0. The summed E-state index contributed by atoms with van der Waals surface area (Å²) in [6.45, 7) is 0. The smallest absolute Gasteiger partial charge is 0.164 e. The zero-order chi connectivity index (χ0) is 12.1. The first-order chi connectivity index (χ1) is 8.27. The molecule has 0 nitrogen and oxygen atoms in total. The number of allylic oxidation sites excluding steroid dienone is 1. The summed E-state index contributed by atoms with van der Waals surface area (Å²) >= 11 is 0. The summed E-state index contributed by atoms with van der Waals surface area (Å²) in [7, 11) is 0. The molecule has 0 amide bonds. The first kappa shape index (κ1) is 11.6. The van der Waals surface area contributed by atoms with Crippen molar-refractivity contribution < 1.29 is 8.78 Å². The minimum absolute atomic E-state index is 0.575. The van der Waals surface area contributed by atoms with Gasteiger partial charge in [0.05, 0.1) is 0 Å². The van der Waals surface area contributed by atoms with Crippen LogP contribution in [-0.4, -0.2) is 0 Å². The van der Waals surface area contributed by atoms with Gasteiger partial charge < -0.3 is 0 Å². The van der Waals surface area contributed by atoms with E-state index in [1.807, 2.05) is 30.0 Å². The summed E-state index contributed by atoms with van der Waals surface area (Å²) in [6, 6.07) is 14.2. The first-order valence-electron chi connectivity index (χ1n) is 5.50. The number of rotatable bonds is 3. The van der Waals surface area contributed by atoms with Gasteiger partial charge in [-0.05, 0) is 35.3 Å². The van der Waals surface area contributed by atoms with Crippen LogP contribution in [0.3, 0.4) is 0 Å². The van der Waals surface area contributed by atoms with E-state index in [0.29, 0.717) is 6.42 Å². The van der Waals surface area contributed by atoms with Crippen LogP contribution in [0.1, 0.15) is 12.0 Å². The van der Waals surface area contributed by atoms with Crippen LogP contribution in [0.2, 0.25) is 0 Å². The van der Waals surface area contributed by atoms with Gasteiger partial charge in [0.25, 0.3) is 0 Å². The van der Waals surface area contributed by atoms with Gasteiger partial charge in [-0.3, -0.25) is 0 Å². The molecule has 0 aliphatic carbocycles. The van der Waals surface area contributed by atoms with Crippen molar-refractivity contribution in [1.82, 2.24) is 0 Å². The lowest BCUT2D eigenvalue weighted by molar-refractivity contribution is 0.423. The lowest BCUT2D eigenvalue weighted by Gasteiger charge is -2.04. The average molecular weight is 230 g/mol. The van der Waals surface area contributed by atoms with Crippen molar-refractivity contribution in [1.29, 1.82) is 0 Å². The molecule has 0 saturated heterocycles. The van der Waals surface area contributed by atoms with Crippen LogP contribution < -0.4 is 0 Å². The molecule has 0 aromatic heterocycles. The Labute approximate surface area is 98.9 Å². The molecule has 2 rings (SSSR count). The van der Waals surface area contributed by atoms with Gasteiger partial charge in [0.2, 0.25) is 0 Å². The molecule has 0 radical (unpaired) electrons. The summed E-state index contributed by atoms with van der Waals surface area (Å²) in [5, 5.41) is 2.37. The Balaban J connectivity index is 2.22. The molecule has 0 bridgehead atoms. The number of fused-ring (bicyclic) bond motifs is 1. The Morgan fingerprint density at radius 3 is 2.65 bits per heavy atom. The summed E-state index contributed by atoms with van der Waals surface area (Å²) in [5.74, 6) is 0. The molecule has 0 saturated carbocycles. The van der Waals surface area contributed by atoms with Crippen molar-refractivity contribution in [3.05, 3.63) is 65.9 Å². The average Bonchev–Trinajstić information content (AvgIpc) is 2.34. The second-order valence-electron chi connectivity index (χ2n) is 3.79. The second-order valence-corrected chi connectivity index (χ2v) is 3.79. The first-order valence-corrected chi connectivity index (χ1v) is 5.50.